The number of ether oxygens (including phenoxy) is 1. The molecule has 5 heterocycles. The number of nitrogens with one attached hydrogen (secondary N) is 1. The Kier molecular flexibility index (Phi) is 6.36. The van der Waals surface area contributed by atoms with Crippen LogP contribution in [0.5, 0.6) is 6.01 Å². The van der Waals surface area contributed by atoms with E-state index in [0.29, 0.717) is 30.7 Å². The number of anilines is 2. The molecule has 3 aromatic rings. The fourth-order valence-electron chi connectivity index (χ4n) is 7.21. The highest BCUT2D eigenvalue weighted by Gasteiger charge is 2.35. The smallest absolute Gasteiger partial charge is 0.318 e. The number of hydrogen-bond acceptors (Lipinski definition) is 7. The van der Waals surface area contributed by atoms with Crippen molar-refractivity contribution in [3.8, 4) is 6.01 Å². The summed E-state index contributed by atoms with van der Waals surface area (Å²) in [5.41, 5.74) is 5.19. The Morgan fingerprint density at radius 2 is 1.79 bits per heavy atom. The number of nitrogens with zero attached hydrogens (tertiary/aromatic N) is 5. The predicted octanol–water partition coefficient (Wildman–Crippen LogP) is 4.17. The molecule has 200 valence electrons. The summed E-state index contributed by atoms with van der Waals surface area (Å²) in [5, 5.41) is 6.48. The van der Waals surface area contributed by atoms with Gasteiger partial charge in [-0.2, -0.15) is 9.97 Å². The van der Waals surface area contributed by atoms with Crippen molar-refractivity contribution in [1.82, 2.24) is 20.2 Å². The van der Waals surface area contributed by atoms with Gasteiger partial charge in [-0.1, -0.05) is 37.3 Å². The van der Waals surface area contributed by atoms with Crippen molar-refractivity contribution in [1.29, 1.82) is 0 Å². The standard InChI is InChI=1S/C31H40N6O/c1-3-21-7-4-8-22-9-5-11-28(29(21)22)36-16-14-26-27(19-36)33-31(38-20-25-10-6-15-35(25)2)34-30(26)37-17-23-12-13-24(18-37)32-23/h4-5,7-9,11,23-25,32H,3,6,10,12-20H2,1-2H3/t23-,24+,25?. The highest BCUT2D eigenvalue weighted by molar-refractivity contribution is 5.97. The van der Waals surface area contributed by atoms with E-state index in [1.165, 1.54) is 53.3 Å². The molecule has 38 heavy (non-hydrogen) atoms. The van der Waals surface area contributed by atoms with Crippen LogP contribution in [-0.4, -0.2) is 72.8 Å². The van der Waals surface area contributed by atoms with Gasteiger partial charge in [0.05, 0.1) is 12.2 Å². The van der Waals surface area contributed by atoms with Gasteiger partial charge in [-0.15, -0.1) is 0 Å². The topological polar surface area (TPSA) is 56.8 Å². The Morgan fingerprint density at radius 3 is 2.55 bits per heavy atom. The van der Waals surface area contributed by atoms with Crippen LogP contribution in [0.2, 0.25) is 0 Å². The Labute approximate surface area is 226 Å². The zero-order chi connectivity index (χ0) is 25.6. The first-order valence-electron chi connectivity index (χ1n) is 14.7. The molecule has 4 aliphatic rings. The SMILES string of the molecule is CCc1cccc2cccc(N3CCc4c(nc(OCC5CCCN5C)nc4N4C[C@H]5CC[C@@H](C4)N5)C3)c12. The zero-order valence-corrected chi connectivity index (χ0v) is 22.8. The number of likely N-dealkylation sites (tertiary alicyclic amines) is 1. The first kappa shape index (κ1) is 24.2. The molecule has 0 radical (unpaired) electrons. The molecule has 0 spiro atoms. The highest BCUT2D eigenvalue weighted by Crippen LogP contribution is 2.36. The lowest BCUT2D eigenvalue weighted by atomic mass is 9.98. The maximum atomic E-state index is 6.35. The number of likely N-dealkylation sites (N-methyl/N-ethyl adjacent to an activating group) is 1. The van der Waals surface area contributed by atoms with Crippen molar-refractivity contribution in [3.63, 3.8) is 0 Å². The number of aryl methyl sites for hydroxylation is 1. The molecule has 0 saturated carbocycles. The van der Waals surface area contributed by atoms with Crippen LogP contribution >= 0.6 is 0 Å². The van der Waals surface area contributed by atoms with Crippen LogP contribution in [0.4, 0.5) is 11.5 Å². The second kappa shape index (κ2) is 10.0. The Bertz CT molecular complexity index is 1310. The highest BCUT2D eigenvalue weighted by atomic mass is 16.5. The van der Waals surface area contributed by atoms with Crippen LogP contribution in [0.25, 0.3) is 10.8 Å². The van der Waals surface area contributed by atoms with Crippen molar-refractivity contribution < 1.29 is 4.74 Å². The van der Waals surface area contributed by atoms with Gasteiger partial charge in [-0.3, -0.25) is 0 Å². The van der Waals surface area contributed by atoms with E-state index >= 15 is 0 Å². The third-order valence-electron chi connectivity index (χ3n) is 9.31. The molecule has 3 fully saturated rings. The molecular weight excluding hydrogens is 472 g/mol. The van der Waals surface area contributed by atoms with E-state index in [1.807, 2.05) is 0 Å². The molecule has 0 aliphatic carbocycles. The van der Waals surface area contributed by atoms with Gasteiger partial charge < -0.3 is 24.8 Å². The molecule has 1 N–H and O–H groups in total. The van der Waals surface area contributed by atoms with Crippen LogP contribution in [0.15, 0.2) is 36.4 Å². The molecular formula is C31H40N6O. The van der Waals surface area contributed by atoms with E-state index in [4.69, 9.17) is 14.7 Å². The van der Waals surface area contributed by atoms with Crippen molar-refractivity contribution in [2.75, 3.05) is 49.6 Å². The lowest BCUT2D eigenvalue weighted by Gasteiger charge is -2.37. The lowest BCUT2D eigenvalue weighted by Crippen LogP contribution is -2.52. The summed E-state index contributed by atoms with van der Waals surface area (Å²) in [6.07, 6.45) is 6.94. The molecule has 7 nitrogen and oxygen atoms in total. The van der Waals surface area contributed by atoms with Gasteiger partial charge in [-0.05, 0) is 69.1 Å². The van der Waals surface area contributed by atoms with Crippen molar-refractivity contribution in [2.45, 2.75) is 70.1 Å². The average molecular weight is 513 g/mol. The van der Waals surface area contributed by atoms with E-state index in [0.717, 1.165) is 57.1 Å². The number of benzene rings is 2. The van der Waals surface area contributed by atoms with Gasteiger partial charge in [0, 0.05) is 54.4 Å². The summed E-state index contributed by atoms with van der Waals surface area (Å²) in [4.78, 5) is 17.6. The third kappa shape index (κ3) is 4.39. The fourth-order valence-corrected chi connectivity index (χ4v) is 7.21. The van der Waals surface area contributed by atoms with E-state index in [9.17, 15) is 0 Å². The summed E-state index contributed by atoms with van der Waals surface area (Å²) in [5.74, 6) is 1.12. The number of aromatic nitrogens is 2. The van der Waals surface area contributed by atoms with Crippen LogP contribution in [0.3, 0.4) is 0 Å². The van der Waals surface area contributed by atoms with Gasteiger partial charge in [0.25, 0.3) is 0 Å². The maximum absolute atomic E-state index is 6.35. The fraction of sp³-hybridized carbons (Fsp3) is 0.548. The van der Waals surface area contributed by atoms with E-state index in [2.05, 4.69) is 70.4 Å². The predicted molar refractivity (Wildman–Crippen MR) is 153 cm³/mol. The lowest BCUT2D eigenvalue weighted by molar-refractivity contribution is 0.187. The summed E-state index contributed by atoms with van der Waals surface area (Å²) in [6.45, 7) is 7.88. The van der Waals surface area contributed by atoms with Gasteiger partial charge in [-0.25, -0.2) is 0 Å². The molecule has 1 aromatic heterocycles. The minimum Gasteiger partial charge on any atom is -0.462 e. The zero-order valence-electron chi connectivity index (χ0n) is 22.8. The summed E-state index contributed by atoms with van der Waals surface area (Å²) in [6, 6.07) is 15.6. The van der Waals surface area contributed by atoms with E-state index < -0.39 is 0 Å². The van der Waals surface area contributed by atoms with Crippen LogP contribution in [-0.2, 0) is 19.4 Å². The Morgan fingerprint density at radius 1 is 0.974 bits per heavy atom. The molecule has 0 amide bonds. The second-order valence-corrected chi connectivity index (χ2v) is 11.7. The molecule has 1 unspecified atom stereocenters. The minimum atomic E-state index is 0.452. The summed E-state index contributed by atoms with van der Waals surface area (Å²) < 4.78 is 6.35. The van der Waals surface area contributed by atoms with Crippen molar-refractivity contribution >= 4 is 22.3 Å². The number of rotatable bonds is 6. The minimum absolute atomic E-state index is 0.452. The van der Waals surface area contributed by atoms with E-state index in [-0.39, 0.29) is 0 Å². The van der Waals surface area contributed by atoms with Crippen molar-refractivity contribution in [2.24, 2.45) is 0 Å². The molecule has 7 rings (SSSR count). The number of fused-ring (bicyclic) bond motifs is 4. The quantitative estimate of drug-likeness (QED) is 0.532. The summed E-state index contributed by atoms with van der Waals surface area (Å²) in [7, 11) is 2.20. The van der Waals surface area contributed by atoms with Crippen LogP contribution in [0, 0.1) is 0 Å². The van der Waals surface area contributed by atoms with Crippen LogP contribution < -0.4 is 19.9 Å². The van der Waals surface area contributed by atoms with Gasteiger partial charge >= 0.3 is 6.01 Å². The van der Waals surface area contributed by atoms with Crippen molar-refractivity contribution in [3.05, 3.63) is 53.2 Å². The Hall–Kier alpha value is -2.90. The molecule has 2 aromatic carbocycles. The maximum Gasteiger partial charge on any atom is 0.318 e. The largest absolute Gasteiger partial charge is 0.462 e. The molecule has 7 heteroatoms. The molecule has 4 aliphatic heterocycles. The van der Waals surface area contributed by atoms with E-state index in [1.54, 1.807) is 0 Å². The first-order chi connectivity index (χ1) is 18.7. The monoisotopic (exact) mass is 512 g/mol. The molecule has 3 saturated heterocycles. The number of piperazine rings is 1. The van der Waals surface area contributed by atoms with Crippen LogP contribution in [0.1, 0.15) is 49.4 Å². The molecule has 2 bridgehead atoms. The van der Waals surface area contributed by atoms with Gasteiger partial charge in [0.1, 0.15) is 12.4 Å². The summed E-state index contributed by atoms with van der Waals surface area (Å²) >= 11 is 0. The normalized spacial score (nSPS) is 25.3. The number of hydrogen-bond donors (Lipinski definition) is 1. The first-order valence-corrected chi connectivity index (χ1v) is 14.7. The van der Waals surface area contributed by atoms with Gasteiger partial charge in [0.15, 0.2) is 0 Å². The average Bonchev–Trinajstić information content (AvgIpc) is 3.53. The van der Waals surface area contributed by atoms with Gasteiger partial charge in [0.2, 0.25) is 0 Å². The second-order valence-electron chi connectivity index (χ2n) is 11.7. The third-order valence-corrected chi connectivity index (χ3v) is 9.31. The Balaban J connectivity index is 1.23. The molecule has 3 atom stereocenters.